The van der Waals surface area contributed by atoms with Crippen molar-refractivity contribution in [2.75, 3.05) is 51.3 Å². The molecule has 0 aliphatic carbocycles. The van der Waals surface area contributed by atoms with Gasteiger partial charge in [0.25, 0.3) is 5.91 Å². The van der Waals surface area contributed by atoms with Crippen molar-refractivity contribution in [1.29, 1.82) is 0 Å². The molecule has 0 bridgehead atoms. The van der Waals surface area contributed by atoms with Crippen molar-refractivity contribution in [2.45, 2.75) is 51.7 Å². The quantitative estimate of drug-likeness (QED) is 0.683. The van der Waals surface area contributed by atoms with Crippen molar-refractivity contribution in [3.63, 3.8) is 0 Å². The number of piperazine rings is 1. The summed E-state index contributed by atoms with van der Waals surface area (Å²) in [4.78, 5) is 20.3. The molecular weight excluding hydrogens is 410 g/mol. The Morgan fingerprint density at radius 2 is 1.64 bits per heavy atom. The lowest BCUT2D eigenvalue weighted by atomic mass is 9.86. The van der Waals surface area contributed by atoms with Crippen molar-refractivity contribution < 1.29 is 9.53 Å². The molecule has 4 rings (SSSR count). The second kappa shape index (κ2) is 9.86. The zero-order chi connectivity index (χ0) is 23.6. The highest BCUT2D eigenvalue weighted by atomic mass is 16.5. The van der Waals surface area contributed by atoms with Gasteiger partial charge in [-0.15, -0.1) is 0 Å². The maximum Gasteiger partial charge on any atom is 0.252 e. The molecule has 0 N–H and O–H groups in total. The lowest BCUT2D eigenvalue weighted by Crippen LogP contribution is -2.49. The minimum absolute atomic E-state index is 0.0331. The molecule has 2 atom stereocenters. The Morgan fingerprint density at radius 3 is 2.30 bits per heavy atom. The number of rotatable bonds is 5. The van der Waals surface area contributed by atoms with E-state index in [1.54, 1.807) is 0 Å². The van der Waals surface area contributed by atoms with Crippen LogP contribution in [0.2, 0.25) is 0 Å². The van der Waals surface area contributed by atoms with Crippen LogP contribution >= 0.6 is 0 Å². The van der Waals surface area contributed by atoms with Gasteiger partial charge in [-0.2, -0.15) is 0 Å². The van der Waals surface area contributed by atoms with Crippen LogP contribution in [-0.2, 0) is 21.4 Å². The van der Waals surface area contributed by atoms with Gasteiger partial charge in [-0.05, 0) is 42.1 Å². The molecule has 2 aliphatic rings. The first-order valence-electron chi connectivity index (χ1n) is 12.3. The average molecular weight is 450 g/mol. The monoisotopic (exact) mass is 449 g/mol. The van der Waals surface area contributed by atoms with Crippen LogP contribution in [0.5, 0.6) is 0 Å². The lowest BCUT2D eigenvalue weighted by Gasteiger charge is -2.38. The van der Waals surface area contributed by atoms with Gasteiger partial charge in [-0.1, -0.05) is 63.2 Å². The summed E-state index contributed by atoms with van der Waals surface area (Å²) < 4.78 is 6.02. The first-order valence-corrected chi connectivity index (χ1v) is 12.3. The third-order valence-corrected chi connectivity index (χ3v) is 7.18. The van der Waals surface area contributed by atoms with Crippen molar-refractivity contribution in [3.05, 3.63) is 65.2 Å². The smallest absolute Gasteiger partial charge is 0.252 e. The van der Waals surface area contributed by atoms with E-state index >= 15 is 0 Å². The Labute approximate surface area is 199 Å². The molecule has 2 heterocycles. The molecule has 5 heteroatoms. The Kier molecular flexibility index (Phi) is 7.10. The maximum absolute atomic E-state index is 13.5. The predicted molar refractivity (Wildman–Crippen MR) is 135 cm³/mol. The van der Waals surface area contributed by atoms with Crippen molar-refractivity contribution in [3.8, 4) is 0 Å². The highest BCUT2D eigenvalue weighted by molar-refractivity contribution is 5.82. The first kappa shape index (κ1) is 23.8. The second-order valence-corrected chi connectivity index (χ2v) is 10.6. The Bertz CT molecular complexity index is 942. The molecule has 2 fully saturated rings. The van der Waals surface area contributed by atoms with Crippen LogP contribution in [0, 0.1) is 0 Å². The number of morpholine rings is 1. The molecule has 0 radical (unpaired) electrons. The van der Waals surface area contributed by atoms with Crippen LogP contribution < -0.4 is 4.90 Å². The highest BCUT2D eigenvalue weighted by Gasteiger charge is 2.34. The highest BCUT2D eigenvalue weighted by Crippen LogP contribution is 2.29. The number of likely N-dealkylation sites (N-methyl/N-ethyl adjacent to an activating group) is 1. The summed E-state index contributed by atoms with van der Waals surface area (Å²) in [5.41, 5.74) is 5.05. The molecule has 2 aromatic carbocycles. The Morgan fingerprint density at radius 1 is 0.970 bits per heavy atom. The number of carbonyl (C=O) groups excluding carboxylic acids is 1. The molecule has 33 heavy (non-hydrogen) atoms. The van der Waals surface area contributed by atoms with E-state index in [0.717, 1.165) is 26.2 Å². The van der Waals surface area contributed by atoms with E-state index in [2.05, 4.69) is 93.1 Å². The topological polar surface area (TPSA) is 36.0 Å². The Balaban J connectivity index is 1.47. The number of nitrogens with zero attached hydrogens (tertiary/aromatic N) is 3. The number of carbonyl (C=O) groups is 1. The van der Waals surface area contributed by atoms with Gasteiger partial charge in [0.2, 0.25) is 0 Å². The van der Waals surface area contributed by atoms with E-state index in [1.165, 1.54) is 22.4 Å². The van der Waals surface area contributed by atoms with E-state index in [0.29, 0.717) is 19.6 Å². The van der Waals surface area contributed by atoms with Crippen LogP contribution in [0.3, 0.4) is 0 Å². The molecule has 2 aromatic rings. The van der Waals surface area contributed by atoms with Crippen LogP contribution in [0.4, 0.5) is 5.69 Å². The van der Waals surface area contributed by atoms with Crippen LogP contribution in [0.15, 0.2) is 48.5 Å². The lowest BCUT2D eigenvalue weighted by molar-refractivity contribution is -0.155. The molecule has 1 amide bonds. The number of para-hydroxylation sites is 1. The predicted octanol–water partition coefficient (Wildman–Crippen LogP) is 4.27. The zero-order valence-electron chi connectivity index (χ0n) is 20.9. The van der Waals surface area contributed by atoms with Crippen molar-refractivity contribution in [1.82, 2.24) is 9.80 Å². The van der Waals surface area contributed by atoms with E-state index < -0.39 is 6.10 Å². The number of hydrogen-bond acceptors (Lipinski definition) is 4. The minimum Gasteiger partial charge on any atom is -0.369 e. The van der Waals surface area contributed by atoms with Gasteiger partial charge in [0.05, 0.1) is 12.6 Å². The van der Waals surface area contributed by atoms with Gasteiger partial charge >= 0.3 is 0 Å². The summed E-state index contributed by atoms with van der Waals surface area (Å²) in [5, 5.41) is 0. The number of amides is 1. The van der Waals surface area contributed by atoms with Gasteiger partial charge in [0.15, 0.2) is 0 Å². The van der Waals surface area contributed by atoms with E-state index in [9.17, 15) is 4.79 Å². The molecular formula is C28H39N3O2. The van der Waals surface area contributed by atoms with Gasteiger partial charge in [0.1, 0.15) is 6.10 Å². The van der Waals surface area contributed by atoms with Crippen molar-refractivity contribution in [2.24, 2.45) is 0 Å². The van der Waals surface area contributed by atoms with Gasteiger partial charge in [-0.25, -0.2) is 0 Å². The fraction of sp³-hybridized carbons (Fsp3) is 0.536. The molecule has 0 aromatic heterocycles. The molecule has 2 aliphatic heterocycles. The molecule has 0 saturated carbocycles. The third-order valence-electron chi connectivity index (χ3n) is 7.18. The molecule has 178 valence electrons. The van der Waals surface area contributed by atoms with E-state index in [1.807, 2.05) is 4.90 Å². The number of ether oxygens (including phenoxy) is 1. The van der Waals surface area contributed by atoms with Gasteiger partial charge in [-0.3, -0.25) is 4.79 Å². The fourth-order valence-corrected chi connectivity index (χ4v) is 4.87. The van der Waals surface area contributed by atoms with Crippen LogP contribution in [-0.4, -0.2) is 68.2 Å². The Hall–Kier alpha value is -2.37. The summed E-state index contributed by atoms with van der Waals surface area (Å²) >= 11 is 0. The van der Waals surface area contributed by atoms with E-state index in [-0.39, 0.29) is 17.4 Å². The van der Waals surface area contributed by atoms with Crippen LogP contribution in [0.1, 0.15) is 50.4 Å². The summed E-state index contributed by atoms with van der Waals surface area (Å²) in [6, 6.07) is 17.3. The zero-order valence-corrected chi connectivity index (χ0v) is 20.9. The molecule has 2 unspecified atom stereocenters. The largest absolute Gasteiger partial charge is 0.369 e. The minimum atomic E-state index is -0.427. The second-order valence-electron chi connectivity index (χ2n) is 10.6. The standard InChI is InChI=1S/C28H39N3O2/c1-21(22-10-12-24(13-11-22)28(2,3)4)31-18-19-33-26(27(31)32)20-23-8-6-7-9-25(23)30-16-14-29(5)15-17-30/h6-13,21,26H,14-20H2,1-5H3. The first-order chi connectivity index (χ1) is 15.7. The normalized spacial score (nSPS) is 21.4. The summed E-state index contributed by atoms with van der Waals surface area (Å²) in [7, 11) is 2.17. The third kappa shape index (κ3) is 5.42. The number of anilines is 1. The number of benzene rings is 2. The van der Waals surface area contributed by atoms with Crippen molar-refractivity contribution >= 4 is 11.6 Å². The molecule has 5 nitrogen and oxygen atoms in total. The SMILES string of the molecule is CC(c1ccc(C(C)(C)C)cc1)N1CCOC(Cc2ccccc2N2CCN(C)CC2)C1=O. The maximum atomic E-state index is 13.5. The molecule has 2 saturated heterocycles. The number of hydrogen-bond donors (Lipinski definition) is 0. The summed E-state index contributed by atoms with van der Waals surface area (Å²) in [6.07, 6.45) is 0.191. The summed E-state index contributed by atoms with van der Waals surface area (Å²) in [6.45, 7) is 14.2. The van der Waals surface area contributed by atoms with E-state index in [4.69, 9.17) is 4.74 Å². The molecule has 0 spiro atoms. The van der Waals surface area contributed by atoms with Gasteiger partial charge < -0.3 is 19.4 Å². The van der Waals surface area contributed by atoms with Gasteiger partial charge in [0, 0.05) is 44.8 Å². The fourth-order valence-electron chi connectivity index (χ4n) is 4.87. The average Bonchev–Trinajstić information content (AvgIpc) is 2.80. The van der Waals surface area contributed by atoms with Crippen LogP contribution in [0.25, 0.3) is 0 Å². The summed E-state index contributed by atoms with van der Waals surface area (Å²) in [5.74, 6) is 0.0989.